The van der Waals surface area contributed by atoms with E-state index in [-0.39, 0.29) is 0 Å². The Balaban J connectivity index is 3.89. The molecule has 0 aliphatic rings. The van der Waals surface area contributed by atoms with Crippen molar-refractivity contribution in [3.63, 3.8) is 0 Å². The molecule has 1 nitrogen and oxygen atoms in total. The second-order valence-corrected chi connectivity index (χ2v) is 4.63. The molecule has 0 aliphatic heterocycles. The number of rotatable bonds is 6. The molecule has 0 aromatic rings. The van der Waals surface area contributed by atoms with Gasteiger partial charge in [-0.3, -0.25) is 0 Å². The van der Waals surface area contributed by atoms with Crippen LogP contribution in [0.3, 0.4) is 0 Å². The molecule has 0 spiro atoms. The Labute approximate surface area is 84.1 Å². The van der Waals surface area contributed by atoms with Crippen molar-refractivity contribution in [2.24, 2.45) is 23.5 Å². The number of nitrogens with two attached hydrogens (primary N) is 1. The van der Waals surface area contributed by atoms with Gasteiger partial charge in [0.05, 0.1) is 0 Å². The predicted molar refractivity (Wildman–Crippen MR) is 60.7 cm³/mol. The van der Waals surface area contributed by atoms with Gasteiger partial charge >= 0.3 is 0 Å². The molecule has 0 bridgehead atoms. The second kappa shape index (κ2) is 6.42. The molecule has 2 N–H and O–H groups in total. The summed E-state index contributed by atoms with van der Waals surface area (Å²) >= 11 is 0. The van der Waals surface area contributed by atoms with Gasteiger partial charge in [-0.15, -0.1) is 0 Å². The first kappa shape index (κ1) is 13.0. The Hall–Kier alpha value is -0.0400. The minimum absolute atomic E-state index is 0.344. The van der Waals surface area contributed by atoms with Gasteiger partial charge in [-0.1, -0.05) is 40.5 Å². The van der Waals surface area contributed by atoms with E-state index in [9.17, 15) is 0 Å². The van der Waals surface area contributed by atoms with Crippen LogP contribution in [0, 0.1) is 17.8 Å². The topological polar surface area (TPSA) is 26.0 Å². The Bertz CT molecular complexity index is 116. The summed E-state index contributed by atoms with van der Waals surface area (Å²) in [4.78, 5) is 0. The number of hydrogen-bond donors (Lipinski definition) is 1. The van der Waals surface area contributed by atoms with E-state index < -0.39 is 0 Å². The maximum Gasteiger partial charge on any atom is 0.00362 e. The van der Waals surface area contributed by atoms with E-state index in [0.717, 1.165) is 11.8 Å². The average molecular weight is 185 g/mol. The fourth-order valence-electron chi connectivity index (χ4n) is 2.09. The zero-order valence-corrected chi connectivity index (χ0v) is 10.0. The molecule has 3 atom stereocenters. The first-order valence-corrected chi connectivity index (χ1v) is 5.78. The lowest BCUT2D eigenvalue weighted by molar-refractivity contribution is 0.266. The lowest BCUT2D eigenvalue weighted by atomic mass is 9.82. The second-order valence-electron chi connectivity index (χ2n) is 4.63. The fraction of sp³-hybridized carbons (Fsp3) is 1.00. The third-order valence-electron chi connectivity index (χ3n) is 3.49. The Kier molecular flexibility index (Phi) is 6.40. The van der Waals surface area contributed by atoms with E-state index in [0.29, 0.717) is 12.0 Å². The minimum Gasteiger partial charge on any atom is -0.328 e. The van der Waals surface area contributed by atoms with Crippen molar-refractivity contribution in [3.05, 3.63) is 0 Å². The minimum atomic E-state index is 0.344. The highest BCUT2D eigenvalue weighted by Crippen LogP contribution is 2.26. The van der Waals surface area contributed by atoms with Crippen LogP contribution in [0.2, 0.25) is 0 Å². The van der Waals surface area contributed by atoms with E-state index in [4.69, 9.17) is 5.73 Å². The van der Waals surface area contributed by atoms with Crippen molar-refractivity contribution in [2.75, 3.05) is 0 Å². The predicted octanol–water partition coefficient (Wildman–Crippen LogP) is 3.43. The van der Waals surface area contributed by atoms with Crippen LogP contribution in [0.5, 0.6) is 0 Å². The molecule has 0 fully saturated rings. The van der Waals surface area contributed by atoms with Crippen LogP contribution >= 0.6 is 0 Å². The third-order valence-corrected chi connectivity index (χ3v) is 3.49. The van der Waals surface area contributed by atoms with Crippen molar-refractivity contribution in [1.82, 2.24) is 0 Å². The van der Waals surface area contributed by atoms with E-state index >= 15 is 0 Å². The van der Waals surface area contributed by atoms with E-state index in [1.54, 1.807) is 0 Å². The zero-order chi connectivity index (χ0) is 10.4. The summed E-state index contributed by atoms with van der Waals surface area (Å²) in [5, 5.41) is 0. The summed E-state index contributed by atoms with van der Waals surface area (Å²) in [7, 11) is 0. The van der Waals surface area contributed by atoms with Crippen molar-refractivity contribution in [3.8, 4) is 0 Å². The van der Waals surface area contributed by atoms with Crippen molar-refractivity contribution in [1.29, 1.82) is 0 Å². The molecule has 0 aromatic carbocycles. The Morgan fingerprint density at radius 2 is 1.38 bits per heavy atom. The molecule has 0 radical (unpaired) electrons. The molecule has 0 aromatic heterocycles. The highest BCUT2D eigenvalue weighted by atomic mass is 14.6. The average Bonchev–Trinajstić information content (AvgIpc) is 2.06. The normalized spacial score (nSPS) is 18.7. The molecule has 0 rings (SSSR count). The largest absolute Gasteiger partial charge is 0.328 e. The molecule has 3 unspecified atom stereocenters. The van der Waals surface area contributed by atoms with E-state index in [1.165, 1.54) is 19.3 Å². The molecule has 80 valence electrons. The van der Waals surface area contributed by atoms with Crippen LogP contribution < -0.4 is 5.73 Å². The van der Waals surface area contributed by atoms with Gasteiger partial charge in [-0.25, -0.2) is 0 Å². The van der Waals surface area contributed by atoms with Gasteiger partial charge in [0.2, 0.25) is 0 Å². The Morgan fingerprint density at radius 1 is 0.923 bits per heavy atom. The lowest BCUT2D eigenvalue weighted by Gasteiger charge is -2.26. The van der Waals surface area contributed by atoms with E-state index in [1.807, 2.05) is 0 Å². The quantitative estimate of drug-likeness (QED) is 0.674. The van der Waals surface area contributed by atoms with Gasteiger partial charge < -0.3 is 5.73 Å². The van der Waals surface area contributed by atoms with Crippen LogP contribution in [0.1, 0.15) is 53.9 Å². The van der Waals surface area contributed by atoms with Gasteiger partial charge in [0.25, 0.3) is 0 Å². The molecule has 0 saturated heterocycles. The summed E-state index contributed by atoms with van der Waals surface area (Å²) in [6.45, 7) is 11.3. The summed E-state index contributed by atoms with van der Waals surface area (Å²) < 4.78 is 0. The maximum absolute atomic E-state index is 5.87. The SMILES string of the molecule is CCC(CC)C(C)CC(C)C(C)N. The number of hydrogen-bond acceptors (Lipinski definition) is 1. The Morgan fingerprint density at radius 3 is 1.69 bits per heavy atom. The molecule has 0 aliphatic carbocycles. The summed E-state index contributed by atoms with van der Waals surface area (Å²) in [6, 6.07) is 0.344. The van der Waals surface area contributed by atoms with Crippen LogP contribution in [-0.2, 0) is 0 Å². The van der Waals surface area contributed by atoms with Gasteiger partial charge in [0.1, 0.15) is 0 Å². The van der Waals surface area contributed by atoms with Crippen molar-refractivity contribution in [2.45, 2.75) is 59.9 Å². The third kappa shape index (κ3) is 4.66. The summed E-state index contributed by atoms with van der Waals surface area (Å²) in [5.41, 5.74) is 5.87. The smallest absolute Gasteiger partial charge is 0.00362 e. The highest BCUT2D eigenvalue weighted by Gasteiger charge is 2.18. The zero-order valence-electron chi connectivity index (χ0n) is 10.0. The first-order chi connectivity index (χ1) is 6.02. The van der Waals surface area contributed by atoms with Gasteiger partial charge in [0.15, 0.2) is 0 Å². The molecule has 0 amide bonds. The summed E-state index contributed by atoms with van der Waals surface area (Å²) in [6.07, 6.45) is 3.90. The summed E-state index contributed by atoms with van der Waals surface area (Å²) in [5.74, 6) is 2.38. The van der Waals surface area contributed by atoms with Gasteiger partial charge in [-0.2, -0.15) is 0 Å². The molecular formula is C12H27N. The van der Waals surface area contributed by atoms with Gasteiger partial charge in [-0.05, 0) is 31.1 Å². The molecule has 1 heteroatoms. The lowest BCUT2D eigenvalue weighted by Crippen LogP contribution is -2.27. The first-order valence-electron chi connectivity index (χ1n) is 5.78. The van der Waals surface area contributed by atoms with Gasteiger partial charge in [0, 0.05) is 6.04 Å². The molecular weight excluding hydrogens is 158 g/mol. The van der Waals surface area contributed by atoms with E-state index in [2.05, 4.69) is 34.6 Å². The monoisotopic (exact) mass is 185 g/mol. The van der Waals surface area contributed by atoms with Crippen LogP contribution in [0.4, 0.5) is 0 Å². The standard InChI is InChI=1S/C12H27N/c1-6-12(7-2)10(4)8-9(3)11(5)13/h9-12H,6-8,13H2,1-5H3. The van der Waals surface area contributed by atoms with Crippen LogP contribution in [0.25, 0.3) is 0 Å². The maximum atomic E-state index is 5.87. The molecule has 0 heterocycles. The molecule has 0 saturated carbocycles. The fourth-order valence-corrected chi connectivity index (χ4v) is 2.09. The highest BCUT2D eigenvalue weighted by molar-refractivity contribution is 4.71. The van der Waals surface area contributed by atoms with Crippen LogP contribution in [-0.4, -0.2) is 6.04 Å². The molecule has 13 heavy (non-hydrogen) atoms. The van der Waals surface area contributed by atoms with Crippen molar-refractivity contribution >= 4 is 0 Å². The van der Waals surface area contributed by atoms with Crippen LogP contribution in [0.15, 0.2) is 0 Å². The van der Waals surface area contributed by atoms with Crippen molar-refractivity contribution < 1.29 is 0 Å².